The second-order valence-electron chi connectivity index (χ2n) is 9.78. The number of ether oxygens (including phenoxy) is 2. The van der Waals surface area contributed by atoms with Gasteiger partial charge >= 0.3 is 0 Å². The van der Waals surface area contributed by atoms with Crippen LogP contribution in [0.1, 0.15) is 72.1 Å². The van der Waals surface area contributed by atoms with Crippen LogP contribution in [0.25, 0.3) is 0 Å². The van der Waals surface area contributed by atoms with Gasteiger partial charge in [0.25, 0.3) is 0 Å². The Morgan fingerprint density at radius 1 is 0.767 bits per heavy atom. The highest BCUT2D eigenvalue weighted by molar-refractivity contribution is 5.94. The van der Waals surface area contributed by atoms with Crippen molar-refractivity contribution in [2.45, 2.75) is 72.6 Å². The molecule has 0 bridgehead atoms. The van der Waals surface area contributed by atoms with E-state index in [1.54, 1.807) is 0 Å². The molecular weight excluding hydrogens is 374 g/mol. The van der Waals surface area contributed by atoms with E-state index in [-0.39, 0.29) is 24.2 Å². The van der Waals surface area contributed by atoms with Crippen LogP contribution in [0.3, 0.4) is 0 Å². The van der Waals surface area contributed by atoms with Crippen molar-refractivity contribution in [1.82, 2.24) is 0 Å². The summed E-state index contributed by atoms with van der Waals surface area (Å²) >= 11 is 0. The number of hydrogen-bond donors (Lipinski definition) is 1. The fraction of sp³-hybridized carbons (Fsp3) is 0.500. The second-order valence-corrected chi connectivity index (χ2v) is 9.78. The molecule has 0 aromatic heterocycles. The van der Waals surface area contributed by atoms with Gasteiger partial charge < -0.3 is 14.8 Å². The van der Waals surface area contributed by atoms with E-state index in [2.05, 4.69) is 77.2 Å². The Labute approximate surface area is 182 Å². The number of nitrogens with one attached hydrogen (secondary N) is 1. The van der Waals surface area contributed by atoms with Gasteiger partial charge in [-0.15, -0.1) is 0 Å². The molecule has 0 spiro atoms. The number of hydrogen-bond acceptors (Lipinski definition) is 3. The zero-order valence-electron chi connectivity index (χ0n) is 18.5. The van der Waals surface area contributed by atoms with E-state index in [0.717, 1.165) is 23.6 Å². The van der Waals surface area contributed by atoms with Crippen LogP contribution < -0.4 is 14.8 Å². The van der Waals surface area contributed by atoms with Crippen molar-refractivity contribution in [2.75, 3.05) is 18.5 Å². The van der Waals surface area contributed by atoms with Gasteiger partial charge in [0, 0.05) is 12.1 Å². The molecule has 0 saturated heterocycles. The van der Waals surface area contributed by atoms with Gasteiger partial charge in [0.1, 0.15) is 13.2 Å². The number of carbonyl (C=O) groups is 1. The quantitative estimate of drug-likeness (QED) is 0.556. The summed E-state index contributed by atoms with van der Waals surface area (Å²) < 4.78 is 11.0. The fourth-order valence-electron chi connectivity index (χ4n) is 3.35. The lowest BCUT2D eigenvalue weighted by Crippen LogP contribution is -2.20. The van der Waals surface area contributed by atoms with Crippen LogP contribution >= 0.6 is 0 Å². The van der Waals surface area contributed by atoms with Crippen LogP contribution in [0.2, 0.25) is 0 Å². The summed E-state index contributed by atoms with van der Waals surface area (Å²) in [6, 6.07) is 12.6. The summed E-state index contributed by atoms with van der Waals surface area (Å²) in [4.78, 5) is 11.3. The number of fused-ring (bicyclic) bond motifs is 2. The van der Waals surface area contributed by atoms with Crippen molar-refractivity contribution < 1.29 is 14.3 Å². The first-order valence-electron chi connectivity index (χ1n) is 10.4. The van der Waals surface area contributed by atoms with Crippen molar-refractivity contribution in [1.29, 1.82) is 0 Å². The summed E-state index contributed by atoms with van der Waals surface area (Å²) in [5, 5.41) is 2.93. The van der Waals surface area contributed by atoms with Crippen molar-refractivity contribution in [2.24, 2.45) is 0 Å². The monoisotopic (exact) mass is 411 g/mol. The summed E-state index contributed by atoms with van der Waals surface area (Å²) in [5.74, 6) is 1.88. The van der Waals surface area contributed by atoms with E-state index in [0.29, 0.717) is 19.6 Å². The van der Waals surface area contributed by atoms with Gasteiger partial charge in [-0.05, 0) is 52.1 Å². The molecule has 4 rings (SSSR count). The van der Waals surface area contributed by atoms with Crippen LogP contribution in [-0.4, -0.2) is 19.1 Å². The molecule has 2 aromatic rings. The summed E-state index contributed by atoms with van der Waals surface area (Å²) in [5.41, 5.74) is 5.10. The largest absolute Gasteiger partial charge is 0.486 e. The maximum absolute atomic E-state index is 11.3. The number of amides is 1. The maximum atomic E-state index is 11.3. The SMILES string of the molecule is C.CC(C)(C)c1ccc2c(c1)NC(=O)CC2.CC(C)(C)c1ccc2c(c1)OCCO2. The summed E-state index contributed by atoms with van der Waals surface area (Å²) in [7, 11) is 0. The van der Waals surface area contributed by atoms with Gasteiger partial charge in [-0.3, -0.25) is 4.79 Å². The molecule has 2 heterocycles. The summed E-state index contributed by atoms with van der Waals surface area (Å²) in [6.07, 6.45) is 1.48. The third-order valence-electron chi connectivity index (χ3n) is 5.28. The predicted molar refractivity (Wildman–Crippen MR) is 125 cm³/mol. The Hall–Kier alpha value is -2.49. The number of benzene rings is 2. The number of aryl methyl sites for hydroxylation is 1. The second kappa shape index (κ2) is 9.11. The van der Waals surface area contributed by atoms with Gasteiger partial charge in [0.2, 0.25) is 5.91 Å². The average molecular weight is 412 g/mol. The molecule has 4 heteroatoms. The molecule has 0 saturated carbocycles. The number of rotatable bonds is 0. The van der Waals surface area contributed by atoms with E-state index in [4.69, 9.17) is 9.47 Å². The molecule has 4 nitrogen and oxygen atoms in total. The van der Waals surface area contributed by atoms with E-state index in [9.17, 15) is 4.79 Å². The standard InChI is InChI=1S/C13H17NO.C12H16O2.CH4/c1-13(2,3)10-6-4-9-5-7-12(15)14-11(9)8-10;1-12(2,3)9-4-5-10-11(8-9)14-7-6-13-10;/h4,6,8H,5,7H2,1-3H3,(H,14,15);4-5,8H,6-7H2,1-3H3;1H4. The van der Waals surface area contributed by atoms with Gasteiger partial charge in [0.05, 0.1) is 0 Å². The molecule has 0 radical (unpaired) electrons. The van der Waals surface area contributed by atoms with Gasteiger partial charge in [-0.2, -0.15) is 0 Å². The van der Waals surface area contributed by atoms with E-state index in [1.807, 2.05) is 6.07 Å². The first kappa shape index (κ1) is 23.8. The molecule has 30 heavy (non-hydrogen) atoms. The van der Waals surface area contributed by atoms with Crippen LogP contribution in [-0.2, 0) is 22.0 Å². The average Bonchev–Trinajstić information content (AvgIpc) is 2.66. The molecule has 164 valence electrons. The Morgan fingerprint density at radius 3 is 1.97 bits per heavy atom. The van der Waals surface area contributed by atoms with Gasteiger partial charge in [-0.1, -0.05) is 67.2 Å². The molecule has 0 aliphatic carbocycles. The first-order chi connectivity index (χ1) is 13.5. The van der Waals surface area contributed by atoms with Crippen LogP contribution in [0.15, 0.2) is 36.4 Å². The van der Waals surface area contributed by atoms with Crippen LogP contribution in [0.5, 0.6) is 11.5 Å². The number of carbonyl (C=O) groups excluding carboxylic acids is 1. The van der Waals surface area contributed by atoms with Crippen LogP contribution in [0, 0.1) is 0 Å². The van der Waals surface area contributed by atoms with Gasteiger partial charge in [0.15, 0.2) is 11.5 Å². The van der Waals surface area contributed by atoms with Gasteiger partial charge in [-0.25, -0.2) is 0 Å². The number of anilines is 1. The topological polar surface area (TPSA) is 47.6 Å². The highest BCUT2D eigenvalue weighted by Gasteiger charge is 2.20. The lowest BCUT2D eigenvalue weighted by Gasteiger charge is -2.23. The molecule has 0 atom stereocenters. The van der Waals surface area contributed by atoms with E-state index in [1.165, 1.54) is 16.7 Å². The van der Waals surface area contributed by atoms with Crippen molar-refractivity contribution in [3.63, 3.8) is 0 Å². The lowest BCUT2D eigenvalue weighted by molar-refractivity contribution is -0.116. The highest BCUT2D eigenvalue weighted by atomic mass is 16.6. The molecule has 0 fully saturated rings. The van der Waals surface area contributed by atoms with Crippen molar-refractivity contribution in [3.8, 4) is 11.5 Å². The minimum Gasteiger partial charge on any atom is -0.486 e. The third kappa shape index (κ3) is 5.78. The fourth-order valence-corrected chi connectivity index (χ4v) is 3.35. The third-order valence-corrected chi connectivity index (χ3v) is 5.28. The zero-order valence-corrected chi connectivity index (χ0v) is 18.5. The highest BCUT2D eigenvalue weighted by Crippen LogP contribution is 2.34. The van der Waals surface area contributed by atoms with Crippen LogP contribution in [0.4, 0.5) is 5.69 Å². The molecular formula is C26H37NO3. The summed E-state index contributed by atoms with van der Waals surface area (Å²) in [6.45, 7) is 14.4. The maximum Gasteiger partial charge on any atom is 0.224 e. The molecule has 1 amide bonds. The lowest BCUT2D eigenvalue weighted by atomic mass is 9.85. The Kier molecular flexibility index (Phi) is 7.23. The predicted octanol–water partition coefficient (Wildman–Crippen LogP) is 6.26. The zero-order chi connectivity index (χ0) is 21.2. The Bertz CT molecular complexity index is 888. The van der Waals surface area contributed by atoms with E-state index < -0.39 is 0 Å². The smallest absolute Gasteiger partial charge is 0.224 e. The normalized spacial score (nSPS) is 15.1. The molecule has 1 N–H and O–H groups in total. The Morgan fingerprint density at radius 2 is 1.33 bits per heavy atom. The first-order valence-corrected chi connectivity index (χ1v) is 10.4. The Balaban J connectivity index is 0.000000207. The van der Waals surface area contributed by atoms with E-state index >= 15 is 0 Å². The van der Waals surface area contributed by atoms with Crippen molar-refractivity contribution >= 4 is 11.6 Å². The molecule has 2 aliphatic rings. The minimum absolute atomic E-state index is 0. The molecule has 2 aliphatic heterocycles. The van der Waals surface area contributed by atoms with Crippen molar-refractivity contribution in [3.05, 3.63) is 53.1 Å². The molecule has 0 unspecified atom stereocenters. The molecule has 2 aromatic carbocycles. The minimum atomic E-state index is 0.